The molecule has 0 radical (unpaired) electrons. The van der Waals surface area contributed by atoms with Gasteiger partial charge >= 0.3 is 0 Å². The van der Waals surface area contributed by atoms with Crippen LogP contribution in [0.1, 0.15) is 37.3 Å². The molecule has 0 amide bonds. The maximum atomic E-state index is 11.6. The second-order valence-corrected chi connectivity index (χ2v) is 5.86. The van der Waals surface area contributed by atoms with Crippen LogP contribution in [0.25, 0.3) is 0 Å². The van der Waals surface area contributed by atoms with Crippen LogP contribution in [0.4, 0.5) is 0 Å². The molecule has 7 heteroatoms. The van der Waals surface area contributed by atoms with E-state index in [1.807, 2.05) is 6.92 Å². The molecule has 1 unspecified atom stereocenters. The summed E-state index contributed by atoms with van der Waals surface area (Å²) < 4.78 is 44.8. The molecule has 0 aromatic heterocycles. The lowest BCUT2D eigenvalue weighted by Gasteiger charge is -2.25. The van der Waals surface area contributed by atoms with Crippen LogP contribution in [0.5, 0.6) is 17.2 Å². The fourth-order valence-electron chi connectivity index (χ4n) is 2.22. The summed E-state index contributed by atoms with van der Waals surface area (Å²) in [6.45, 7) is 5.19. The summed E-state index contributed by atoms with van der Waals surface area (Å²) in [5.41, 5.74) is 0.587. The van der Waals surface area contributed by atoms with Gasteiger partial charge in [0.1, 0.15) is 15.0 Å². The van der Waals surface area contributed by atoms with Gasteiger partial charge in [0.25, 0.3) is 0 Å². The normalized spacial score (nSPS) is 13.1. The van der Waals surface area contributed by atoms with Crippen molar-refractivity contribution in [3.05, 3.63) is 11.1 Å². The summed E-state index contributed by atoms with van der Waals surface area (Å²) in [5.74, 6) is -0.834. The number of ether oxygens (including phenoxy) is 2. The van der Waals surface area contributed by atoms with E-state index in [2.05, 4.69) is 0 Å². The Morgan fingerprint density at radius 2 is 1.75 bits per heavy atom. The van der Waals surface area contributed by atoms with Crippen molar-refractivity contribution < 1.29 is 27.6 Å². The van der Waals surface area contributed by atoms with Crippen molar-refractivity contribution in [2.45, 2.75) is 38.0 Å². The smallest absolute Gasteiger partial charge is 0.204 e. The van der Waals surface area contributed by atoms with Crippen LogP contribution >= 0.6 is 0 Å². The van der Waals surface area contributed by atoms with Crippen LogP contribution in [0.3, 0.4) is 0 Å². The van der Waals surface area contributed by atoms with Crippen molar-refractivity contribution in [2.24, 2.45) is 0 Å². The average molecular weight is 303 g/mol. The molecule has 1 aromatic rings. The lowest BCUT2D eigenvalue weighted by Crippen LogP contribution is -2.11. The highest BCUT2D eigenvalue weighted by atomic mass is 32.2. The van der Waals surface area contributed by atoms with Gasteiger partial charge in [0.15, 0.2) is 11.5 Å². The summed E-state index contributed by atoms with van der Waals surface area (Å²) in [6.07, 6.45) is 0.609. The van der Waals surface area contributed by atoms with E-state index >= 15 is 0 Å². The third-order valence-corrected chi connectivity index (χ3v) is 4.30. The Labute approximate surface area is 119 Å². The number of rotatable bonds is 5. The summed E-state index contributed by atoms with van der Waals surface area (Å²) in [5, 5.41) is 10.1. The molecule has 0 spiro atoms. The molecular formula is C13H19O6S-. The first-order chi connectivity index (χ1) is 9.20. The molecule has 1 aromatic carbocycles. The molecule has 0 aliphatic heterocycles. The summed E-state index contributed by atoms with van der Waals surface area (Å²) in [6, 6.07) is 0. The minimum atomic E-state index is -4.77. The van der Waals surface area contributed by atoms with Crippen molar-refractivity contribution in [3.63, 3.8) is 0 Å². The van der Waals surface area contributed by atoms with Gasteiger partial charge in [-0.05, 0) is 30.4 Å². The van der Waals surface area contributed by atoms with Crippen LogP contribution in [-0.4, -0.2) is 32.3 Å². The average Bonchev–Trinajstić information content (AvgIpc) is 2.38. The zero-order chi connectivity index (χ0) is 15.7. The zero-order valence-corrected chi connectivity index (χ0v) is 13.0. The predicted octanol–water partition coefficient (Wildman–Crippen LogP) is 2.14. The third-order valence-electron chi connectivity index (χ3n) is 3.39. The molecule has 0 saturated heterocycles. The minimum absolute atomic E-state index is 0.147. The molecule has 0 aliphatic carbocycles. The Morgan fingerprint density at radius 3 is 2.10 bits per heavy atom. The SMILES string of the molecule is CCC(C)c1c(C)c(O)c(OC)c(OC)c1S(=O)(=O)[O-]. The molecule has 6 nitrogen and oxygen atoms in total. The summed E-state index contributed by atoms with van der Waals surface area (Å²) >= 11 is 0. The standard InChI is InChI=1S/C13H20O6S/c1-6-7(2)9-8(3)10(14)11(18-4)12(19-5)13(9)20(15,16)17/h7,14H,6H2,1-5H3,(H,15,16,17)/p-1. The second kappa shape index (κ2) is 5.88. The monoisotopic (exact) mass is 303 g/mol. The molecule has 20 heavy (non-hydrogen) atoms. The van der Waals surface area contributed by atoms with E-state index < -0.39 is 15.0 Å². The fraction of sp³-hybridized carbons (Fsp3) is 0.538. The van der Waals surface area contributed by atoms with Gasteiger partial charge in [0, 0.05) is 0 Å². The Bertz CT molecular complexity index is 606. The number of aromatic hydroxyl groups is 1. The van der Waals surface area contributed by atoms with Gasteiger partial charge in [-0.2, -0.15) is 0 Å². The first-order valence-electron chi connectivity index (χ1n) is 6.13. The Morgan fingerprint density at radius 1 is 1.25 bits per heavy atom. The number of phenols is 1. The molecule has 0 aliphatic rings. The largest absolute Gasteiger partial charge is 0.744 e. The van der Waals surface area contributed by atoms with Crippen molar-refractivity contribution in [3.8, 4) is 17.2 Å². The molecule has 0 fully saturated rings. The Balaban J connectivity index is 3.97. The van der Waals surface area contributed by atoms with E-state index in [1.165, 1.54) is 14.2 Å². The highest BCUT2D eigenvalue weighted by molar-refractivity contribution is 7.86. The number of hydrogen-bond acceptors (Lipinski definition) is 6. The van der Waals surface area contributed by atoms with Gasteiger partial charge in [0.05, 0.1) is 14.2 Å². The minimum Gasteiger partial charge on any atom is -0.744 e. The molecule has 114 valence electrons. The first-order valence-corrected chi connectivity index (χ1v) is 7.54. The molecule has 0 heterocycles. The fourth-order valence-corrected chi connectivity index (χ4v) is 3.25. The molecule has 1 rings (SSSR count). The second-order valence-electron chi connectivity index (χ2n) is 4.55. The van der Waals surface area contributed by atoms with Crippen LogP contribution < -0.4 is 9.47 Å². The van der Waals surface area contributed by atoms with Crippen molar-refractivity contribution in [2.75, 3.05) is 14.2 Å². The zero-order valence-electron chi connectivity index (χ0n) is 12.2. The topological polar surface area (TPSA) is 95.9 Å². The predicted molar refractivity (Wildman–Crippen MR) is 72.6 cm³/mol. The van der Waals surface area contributed by atoms with Crippen LogP contribution in [-0.2, 0) is 10.1 Å². The highest BCUT2D eigenvalue weighted by Crippen LogP contribution is 2.48. The molecule has 0 bridgehead atoms. The first kappa shape index (κ1) is 16.6. The number of phenolic OH excluding ortho intramolecular Hbond substituents is 1. The van der Waals surface area contributed by atoms with E-state index in [4.69, 9.17) is 9.47 Å². The van der Waals surface area contributed by atoms with Gasteiger partial charge in [-0.25, -0.2) is 8.42 Å². The molecular weight excluding hydrogens is 284 g/mol. The summed E-state index contributed by atoms with van der Waals surface area (Å²) in [4.78, 5) is -0.457. The van der Waals surface area contributed by atoms with Crippen LogP contribution in [0.15, 0.2) is 4.90 Å². The van der Waals surface area contributed by atoms with Crippen LogP contribution in [0, 0.1) is 6.92 Å². The van der Waals surface area contributed by atoms with E-state index in [1.54, 1.807) is 13.8 Å². The quantitative estimate of drug-likeness (QED) is 0.837. The van der Waals surface area contributed by atoms with Crippen molar-refractivity contribution >= 4 is 10.1 Å². The van der Waals surface area contributed by atoms with Crippen LogP contribution in [0.2, 0.25) is 0 Å². The van der Waals surface area contributed by atoms with E-state index in [0.717, 1.165) is 0 Å². The van der Waals surface area contributed by atoms with Gasteiger partial charge in [-0.3, -0.25) is 0 Å². The molecule has 1 N–H and O–H groups in total. The maximum Gasteiger partial charge on any atom is 0.204 e. The Kier molecular flexibility index (Phi) is 4.88. The van der Waals surface area contributed by atoms with E-state index in [-0.39, 0.29) is 28.7 Å². The maximum absolute atomic E-state index is 11.6. The van der Waals surface area contributed by atoms with Gasteiger partial charge in [-0.15, -0.1) is 0 Å². The molecule has 0 saturated carbocycles. The van der Waals surface area contributed by atoms with Gasteiger partial charge in [-0.1, -0.05) is 13.8 Å². The van der Waals surface area contributed by atoms with Gasteiger partial charge in [0.2, 0.25) is 5.75 Å². The van der Waals surface area contributed by atoms with Crippen molar-refractivity contribution in [1.82, 2.24) is 0 Å². The lowest BCUT2D eigenvalue weighted by atomic mass is 9.93. The highest BCUT2D eigenvalue weighted by Gasteiger charge is 2.28. The third kappa shape index (κ3) is 2.69. The van der Waals surface area contributed by atoms with E-state index in [0.29, 0.717) is 12.0 Å². The molecule has 1 atom stereocenters. The number of benzene rings is 1. The summed E-state index contributed by atoms with van der Waals surface area (Å²) in [7, 11) is -2.28. The van der Waals surface area contributed by atoms with Gasteiger partial charge < -0.3 is 19.1 Å². The van der Waals surface area contributed by atoms with E-state index in [9.17, 15) is 18.1 Å². The number of hydrogen-bond donors (Lipinski definition) is 1. The number of methoxy groups -OCH3 is 2. The Hall–Kier alpha value is -1.47. The van der Waals surface area contributed by atoms with Crippen molar-refractivity contribution in [1.29, 1.82) is 0 Å². The lowest BCUT2D eigenvalue weighted by molar-refractivity contribution is 0.321.